The maximum Gasteiger partial charge on any atom is 0.268 e. The Bertz CT molecular complexity index is 964. The minimum atomic E-state index is -4.59. The van der Waals surface area contributed by atoms with E-state index in [9.17, 15) is 19.4 Å². The van der Waals surface area contributed by atoms with Gasteiger partial charge >= 0.3 is 0 Å². The lowest BCUT2D eigenvalue weighted by atomic mass is 10.0. The first-order valence-electron chi connectivity index (χ1n) is 21.9. The van der Waals surface area contributed by atoms with E-state index in [2.05, 4.69) is 43.5 Å². The van der Waals surface area contributed by atoms with Crippen LogP contribution < -0.4 is 10.2 Å². The van der Waals surface area contributed by atoms with E-state index in [1.54, 1.807) is 6.08 Å². The normalized spacial score (nSPS) is 14.8. The van der Waals surface area contributed by atoms with Crippen LogP contribution in [0.15, 0.2) is 36.5 Å². The Morgan fingerprint density at radius 3 is 1.55 bits per heavy atom. The van der Waals surface area contributed by atoms with Crippen molar-refractivity contribution in [3.8, 4) is 0 Å². The highest BCUT2D eigenvalue weighted by molar-refractivity contribution is 7.45. The Morgan fingerprint density at radius 2 is 1.06 bits per heavy atom. The van der Waals surface area contributed by atoms with Gasteiger partial charge in [-0.2, -0.15) is 0 Å². The molecule has 9 heteroatoms. The van der Waals surface area contributed by atoms with Crippen molar-refractivity contribution < 1.29 is 32.9 Å². The van der Waals surface area contributed by atoms with Crippen LogP contribution in [-0.4, -0.2) is 68.5 Å². The summed E-state index contributed by atoms with van der Waals surface area (Å²) in [7, 11) is 1.24. The number of rotatable bonds is 39. The second kappa shape index (κ2) is 36.4. The van der Waals surface area contributed by atoms with Crippen LogP contribution in [0.5, 0.6) is 0 Å². The zero-order chi connectivity index (χ0) is 39.3. The maximum atomic E-state index is 12.8. The third-order valence-electron chi connectivity index (χ3n) is 9.57. The zero-order valence-corrected chi connectivity index (χ0v) is 36.1. The average Bonchev–Trinajstić information content (AvgIpc) is 3.10. The number of allylic oxidation sites excluding steroid dienone is 5. The molecule has 53 heavy (non-hydrogen) atoms. The number of hydrogen-bond acceptors (Lipinski definition) is 6. The van der Waals surface area contributed by atoms with Gasteiger partial charge in [-0.3, -0.25) is 9.36 Å². The first kappa shape index (κ1) is 51.7. The van der Waals surface area contributed by atoms with Gasteiger partial charge < -0.3 is 28.8 Å². The van der Waals surface area contributed by atoms with Crippen LogP contribution in [0.2, 0.25) is 0 Å². The highest BCUT2D eigenvalue weighted by atomic mass is 31.2. The number of phosphoric acid groups is 1. The molecule has 0 rings (SSSR count). The van der Waals surface area contributed by atoms with E-state index in [0.29, 0.717) is 17.4 Å². The van der Waals surface area contributed by atoms with Gasteiger partial charge in [0.1, 0.15) is 13.2 Å². The van der Waals surface area contributed by atoms with Crippen LogP contribution in [0.3, 0.4) is 0 Å². The van der Waals surface area contributed by atoms with Gasteiger partial charge in [-0.05, 0) is 57.8 Å². The maximum absolute atomic E-state index is 12.8. The van der Waals surface area contributed by atoms with Crippen molar-refractivity contribution >= 4 is 13.7 Å². The largest absolute Gasteiger partial charge is 0.756 e. The number of amides is 1. The van der Waals surface area contributed by atoms with E-state index < -0.39 is 26.6 Å². The van der Waals surface area contributed by atoms with Crippen LogP contribution in [0.25, 0.3) is 0 Å². The third-order valence-corrected chi connectivity index (χ3v) is 10.5. The lowest BCUT2D eigenvalue weighted by molar-refractivity contribution is -0.870. The van der Waals surface area contributed by atoms with Crippen molar-refractivity contribution in [2.45, 2.75) is 199 Å². The minimum Gasteiger partial charge on any atom is -0.756 e. The number of carbonyl (C=O) groups excluding carboxylic acids is 1. The van der Waals surface area contributed by atoms with E-state index in [0.717, 1.165) is 38.5 Å². The Labute approximate surface area is 327 Å². The van der Waals surface area contributed by atoms with Gasteiger partial charge in [0.25, 0.3) is 7.82 Å². The van der Waals surface area contributed by atoms with E-state index in [1.165, 1.54) is 128 Å². The Morgan fingerprint density at radius 1 is 0.642 bits per heavy atom. The second-order valence-corrected chi connectivity index (χ2v) is 17.4. The zero-order valence-electron chi connectivity index (χ0n) is 35.2. The van der Waals surface area contributed by atoms with Crippen LogP contribution in [0.1, 0.15) is 187 Å². The highest BCUT2D eigenvalue weighted by Gasteiger charge is 2.23. The molecule has 0 saturated heterocycles. The van der Waals surface area contributed by atoms with Gasteiger partial charge in [0.2, 0.25) is 5.91 Å². The first-order valence-corrected chi connectivity index (χ1v) is 23.3. The number of aliphatic hydroxyl groups excluding tert-OH is 1. The topological polar surface area (TPSA) is 108 Å². The Kier molecular flexibility index (Phi) is 35.5. The molecule has 0 aromatic heterocycles. The number of carbonyl (C=O) groups is 1. The highest BCUT2D eigenvalue weighted by Crippen LogP contribution is 2.38. The molecule has 0 aliphatic rings. The fraction of sp³-hybridized carbons (Fsp3) is 0.841. The van der Waals surface area contributed by atoms with Gasteiger partial charge in [0, 0.05) is 6.42 Å². The summed E-state index contributed by atoms with van der Waals surface area (Å²) >= 11 is 0. The van der Waals surface area contributed by atoms with E-state index in [-0.39, 0.29) is 12.5 Å². The molecule has 0 aromatic rings. The fourth-order valence-electron chi connectivity index (χ4n) is 6.04. The number of phosphoric ester groups is 1. The van der Waals surface area contributed by atoms with Crippen molar-refractivity contribution in [3.63, 3.8) is 0 Å². The van der Waals surface area contributed by atoms with Crippen LogP contribution >= 0.6 is 7.82 Å². The molecule has 1 amide bonds. The van der Waals surface area contributed by atoms with Gasteiger partial charge in [-0.25, -0.2) is 0 Å². The number of quaternary nitrogens is 1. The van der Waals surface area contributed by atoms with Crippen molar-refractivity contribution in [1.29, 1.82) is 0 Å². The standard InChI is InChI=1S/C44H85N2O6P/c1-6-8-10-12-14-16-18-19-20-21-22-23-24-25-26-27-28-30-32-34-36-38-44(48)45-42(41-52-53(49,50)51-40-39-46(3,4)5)43(47)37-35-33-31-29-17-15-13-11-9-7-2/h17,21-22,29,35,37,42-43,47H,6-16,18-20,23-28,30-34,36,38-41H2,1-5H3,(H-,45,48,49,50)/b22-21-,29-17+,37-35+. The van der Waals surface area contributed by atoms with Gasteiger partial charge in [0.15, 0.2) is 0 Å². The SMILES string of the molecule is CCCCCC/C=C/CC/C=C/C(O)C(COP(=O)([O-])OCC[N+](C)(C)C)NC(=O)CCCCCCCCCCC/C=C\CCCCCCCCCC. The summed E-state index contributed by atoms with van der Waals surface area (Å²) in [4.78, 5) is 25.2. The lowest BCUT2D eigenvalue weighted by Gasteiger charge is -2.29. The number of nitrogens with one attached hydrogen (secondary N) is 1. The average molecular weight is 769 g/mol. The van der Waals surface area contributed by atoms with Crippen LogP contribution in [0, 0.1) is 0 Å². The smallest absolute Gasteiger partial charge is 0.268 e. The predicted molar refractivity (Wildman–Crippen MR) is 224 cm³/mol. The van der Waals surface area contributed by atoms with Gasteiger partial charge in [0.05, 0.1) is 39.9 Å². The molecule has 0 aliphatic carbocycles. The fourth-order valence-corrected chi connectivity index (χ4v) is 6.77. The van der Waals surface area contributed by atoms with E-state index >= 15 is 0 Å². The molecule has 3 unspecified atom stereocenters. The van der Waals surface area contributed by atoms with Crippen molar-refractivity contribution in [2.24, 2.45) is 0 Å². The number of likely N-dealkylation sites (N-methyl/N-ethyl adjacent to an activating group) is 1. The molecule has 3 atom stereocenters. The number of hydrogen-bond donors (Lipinski definition) is 2. The quantitative estimate of drug-likeness (QED) is 0.0279. The van der Waals surface area contributed by atoms with Crippen LogP contribution in [-0.2, 0) is 18.4 Å². The number of unbranched alkanes of at least 4 members (excludes halogenated alkanes) is 22. The third kappa shape index (κ3) is 38.8. The Hall–Kier alpha value is -1.28. The molecular formula is C44H85N2O6P. The van der Waals surface area contributed by atoms with Gasteiger partial charge in [-0.1, -0.05) is 159 Å². The molecule has 0 spiro atoms. The molecule has 0 saturated carbocycles. The minimum absolute atomic E-state index is 0.00699. The molecule has 0 aromatic carbocycles. The van der Waals surface area contributed by atoms with Crippen molar-refractivity contribution in [3.05, 3.63) is 36.5 Å². The summed E-state index contributed by atoms with van der Waals surface area (Å²) < 4.78 is 23.1. The molecule has 0 aliphatic heterocycles. The monoisotopic (exact) mass is 769 g/mol. The molecule has 2 N–H and O–H groups in total. The summed E-state index contributed by atoms with van der Waals surface area (Å²) in [6.45, 7) is 4.58. The Balaban J connectivity index is 4.32. The summed E-state index contributed by atoms with van der Waals surface area (Å²) in [5.74, 6) is -0.212. The molecule has 0 heterocycles. The molecule has 0 fully saturated rings. The summed E-state index contributed by atoms with van der Waals surface area (Å²) in [5.41, 5.74) is 0. The molecule has 8 nitrogen and oxygen atoms in total. The first-order chi connectivity index (χ1) is 25.5. The summed E-state index contributed by atoms with van der Waals surface area (Å²) in [6.07, 6.45) is 43.4. The lowest BCUT2D eigenvalue weighted by Crippen LogP contribution is -2.45. The number of aliphatic hydroxyl groups is 1. The predicted octanol–water partition coefficient (Wildman–Crippen LogP) is 11.3. The summed E-state index contributed by atoms with van der Waals surface area (Å²) in [6, 6.07) is -0.900. The molecule has 0 radical (unpaired) electrons. The number of nitrogens with zero attached hydrogens (tertiary/aromatic N) is 1. The molecule has 0 bridgehead atoms. The van der Waals surface area contributed by atoms with Gasteiger partial charge in [-0.15, -0.1) is 0 Å². The van der Waals surface area contributed by atoms with Crippen molar-refractivity contribution in [2.75, 3.05) is 40.9 Å². The van der Waals surface area contributed by atoms with Crippen molar-refractivity contribution in [1.82, 2.24) is 5.32 Å². The second-order valence-electron chi connectivity index (χ2n) is 16.0. The van der Waals surface area contributed by atoms with E-state index in [4.69, 9.17) is 9.05 Å². The summed E-state index contributed by atoms with van der Waals surface area (Å²) in [5, 5.41) is 13.7. The van der Waals surface area contributed by atoms with E-state index in [1.807, 2.05) is 27.2 Å². The molecule has 312 valence electrons. The van der Waals surface area contributed by atoms with Crippen LogP contribution in [0.4, 0.5) is 0 Å². The molecular weight excluding hydrogens is 683 g/mol.